The van der Waals surface area contributed by atoms with Gasteiger partial charge in [-0.25, -0.2) is 0 Å². The summed E-state index contributed by atoms with van der Waals surface area (Å²) in [6.07, 6.45) is 1.65. The van der Waals surface area contributed by atoms with Crippen LogP contribution < -0.4 is 10.1 Å². The Labute approximate surface area is 160 Å². The van der Waals surface area contributed by atoms with Crippen LogP contribution in [0.15, 0.2) is 29.4 Å². The second-order valence-corrected chi connectivity index (χ2v) is 7.12. The van der Waals surface area contributed by atoms with Gasteiger partial charge in [-0.1, -0.05) is 11.3 Å². The van der Waals surface area contributed by atoms with Crippen molar-refractivity contribution in [1.29, 1.82) is 0 Å². The molecule has 0 aliphatic rings. The first kappa shape index (κ1) is 19.0. The number of fused-ring (bicyclic) bond motifs is 1. The molecule has 0 spiro atoms. The number of aryl methyl sites for hydroxylation is 2. The number of nitrogens with one attached hydrogen (secondary N) is 1. The van der Waals surface area contributed by atoms with Gasteiger partial charge in [-0.2, -0.15) is 10.1 Å². The Kier molecular flexibility index (Phi) is 5.52. The van der Waals surface area contributed by atoms with Crippen molar-refractivity contribution in [2.75, 3.05) is 19.0 Å². The van der Waals surface area contributed by atoms with Gasteiger partial charge in [-0.3, -0.25) is 14.3 Å². The lowest BCUT2D eigenvalue weighted by molar-refractivity contribution is -0.114. The van der Waals surface area contributed by atoms with E-state index in [9.17, 15) is 9.59 Å². The van der Waals surface area contributed by atoms with Crippen molar-refractivity contribution < 1.29 is 14.3 Å². The van der Waals surface area contributed by atoms with Crippen LogP contribution in [0.2, 0.25) is 0 Å². The van der Waals surface area contributed by atoms with E-state index in [1.54, 1.807) is 20.4 Å². The van der Waals surface area contributed by atoms with Gasteiger partial charge in [-0.05, 0) is 25.1 Å². The molecule has 0 radical (unpaired) electrons. The van der Waals surface area contributed by atoms with E-state index >= 15 is 0 Å². The van der Waals surface area contributed by atoms with E-state index in [1.165, 1.54) is 22.9 Å². The maximum Gasteiger partial charge on any atom is 0.298 e. The van der Waals surface area contributed by atoms with E-state index in [2.05, 4.69) is 15.4 Å². The molecule has 27 heavy (non-hydrogen) atoms. The topological polar surface area (TPSA) is 90.5 Å². The zero-order valence-corrected chi connectivity index (χ0v) is 16.5. The van der Waals surface area contributed by atoms with Crippen molar-refractivity contribution >= 4 is 39.1 Å². The third kappa shape index (κ3) is 3.99. The fraction of sp³-hybridized carbons (Fsp3) is 0.333. The van der Waals surface area contributed by atoms with Crippen LogP contribution >= 0.6 is 11.3 Å². The first-order valence-electron chi connectivity index (χ1n) is 8.38. The van der Waals surface area contributed by atoms with Crippen molar-refractivity contribution in [3.8, 4) is 0 Å². The molecule has 142 valence electrons. The van der Waals surface area contributed by atoms with Gasteiger partial charge < -0.3 is 14.6 Å². The molecule has 0 aliphatic carbocycles. The highest BCUT2D eigenvalue weighted by Gasteiger charge is 2.15. The van der Waals surface area contributed by atoms with E-state index in [4.69, 9.17) is 4.74 Å². The number of thiazole rings is 1. The lowest BCUT2D eigenvalue weighted by Gasteiger charge is -2.06. The Balaban J connectivity index is 2.12. The van der Waals surface area contributed by atoms with Gasteiger partial charge in [0.05, 0.1) is 23.0 Å². The van der Waals surface area contributed by atoms with Gasteiger partial charge in [0.25, 0.3) is 5.91 Å². The molecule has 8 nitrogen and oxygen atoms in total. The van der Waals surface area contributed by atoms with E-state index in [0.29, 0.717) is 29.3 Å². The molecule has 2 aromatic heterocycles. The SMILES string of the molecule is COCCn1c(=NC(=O)c2c(C)cnn2C)sc2cc(NC(C)=O)ccc21. The van der Waals surface area contributed by atoms with Crippen molar-refractivity contribution in [1.82, 2.24) is 14.3 Å². The summed E-state index contributed by atoms with van der Waals surface area (Å²) in [6, 6.07) is 5.62. The van der Waals surface area contributed by atoms with Gasteiger partial charge in [-0.15, -0.1) is 0 Å². The highest BCUT2D eigenvalue weighted by atomic mass is 32.1. The Morgan fingerprint density at radius 2 is 2.15 bits per heavy atom. The molecule has 1 aromatic carbocycles. The Hall–Kier alpha value is -2.78. The highest BCUT2D eigenvalue weighted by molar-refractivity contribution is 7.16. The number of hydrogen-bond acceptors (Lipinski definition) is 5. The standard InChI is InChI=1S/C18H21N5O3S/c1-11-10-19-22(3)16(11)17(25)21-18-23(7-8-26-4)14-6-5-13(20-12(2)24)9-15(14)27-18/h5-6,9-10H,7-8H2,1-4H3,(H,20,24). The number of methoxy groups -OCH3 is 1. The summed E-state index contributed by atoms with van der Waals surface area (Å²) in [5.74, 6) is -0.475. The maximum atomic E-state index is 12.7. The second-order valence-electron chi connectivity index (χ2n) is 6.11. The molecule has 2 amide bonds. The van der Waals surface area contributed by atoms with Crippen LogP contribution in [-0.4, -0.2) is 39.9 Å². The lowest BCUT2D eigenvalue weighted by atomic mass is 10.2. The van der Waals surface area contributed by atoms with Crippen molar-refractivity contribution in [3.05, 3.63) is 40.5 Å². The van der Waals surface area contributed by atoms with E-state index in [0.717, 1.165) is 15.8 Å². The average Bonchev–Trinajstić information content (AvgIpc) is 3.11. The average molecular weight is 387 g/mol. The largest absolute Gasteiger partial charge is 0.383 e. The monoisotopic (exact) mass is 387 g/mol. The molecule has 1 N–H and O–H groups in total. The van der Waals surface area contributed by atoms with Gasteiger partial charge >= 0.3 is 0 Å². The number of nitrogens with zero attached hydrogens (tertiary/aromatic N) is 4. The molecule has 0 saturated carbocycles. The van der Waals surface area contributed by atoms with Crippen LogP contribution in [-0.2, 0) is 23.1 Å². The summed E-state index contributed by atoms with van der Waals surface area (Å²) >= 11 is 1.39. The molecular formula is C18H21N5O3S. The Bertz CT molecular complexity index is 1060. The summed E-state index contributed by atoms with van der Waals surface area (Å²) in [4.78, 5) is 28.9. The summed E-state index contributed by atoms with van der Waals surface area (Å²) < 4.78 is 9.60. The molecule has 0 saturated heterocycles. The quantitative estimate of drug-likeness (QED) is 0.726. The third-order valence-electron chi connectivity index (χ3n) is 4.04. The highest BCUT2D eigenvalue weighted by Crippen LogP contribution is 2.22. The molecule has 0 unspecified atom stereocenters. The smallest absolute Gasteiger partial charge is 0.298 e. The molecule has 0 bridgehead atoms. The molecule has 3 aromatic rings. The van der Waals surface area contributed by atoms with Crippen LogP contribution in [0.1, 0.15) is 23.0 Å². The number of carbonyl (C=O) groups is 2. The second kappa shape index (κ2) is 7.85. The molecule has 3 rings (SSSR count). The summed E-state index contributed by atoms with van der Waals surface area (Å²) in [6.45, 7) is 4.35. The van der Waals surface area contributed by atoms with Crippen LogP contribution in [0.4, 0.5) is 5.69 Å². The Morgan fingerprint density at radius 1 is 1.37 bits per heavy atom. The third-order valence-corrected chi connectivity index (χ3v) is 5.08. The van der Waals surface area contributed by atoms with E-state index in [-0.39, 0.29) is 11.8 Å². The summed E-state index contributed by atoms with van der Waals surface area (Å²) in [5, 5.41) is 6.88. The van der Waals surface area contributed by atoms with E-state index in [1.807, 2.05) is 29.7 Å². The fourth-order valence-corrected chi connectivity index (χ4v) is 3.93. The summed E-state index contributed by atoms with van der Waals surface area (Å²) in [7, 11) is 3.35. The number of aromatic nitrogens is 3. The zero-order chi connectivity index (χ0) is 19.6. The fourth-order valence-electron chi connectivity index (χ4n) is 2.83. The van der Waals surface area contributed by atoms with Gasteiger partial charge in [0.15, 0.2) is 4.80 Å². The predicted octanol–water partition coefficient (Wildman–Crippen LogP) is 2.09. The number of carbonyl (C=O) groups excluding carboxylic acids is 2. The number of anilines is 1. The summed E-state index contributed by atoms with van der Waals surface area (Å²) in [5.41, 5.74) is 2.88. The molecule has 0 atom stereocenters. The van der Waals surface area contributed by atoms with Crippen LogP contribution in [0.5, 0.6) is 0 Å². The normalized spacial score (nSPS) is 11.9. The van der Waals surface area contributed by atoms with Crippen molar-refractivity contribution in [2.24, 2.45) is 12.0 Å². The van der Waals surface area contributed by atoms with Crippen LogP contribution in [0, 0.1) is 6.92 Å². The first-order chi connectivity index (χ1) is 12.9. The van der Waals surface area contributed by atoms with Crippen molar-refractivity contribution in [3.63, 3.8) is 0 Å². The number of benzene rings is 1. The number of amides is 2. The maximum absolute atomic E-state index is 12.7. The number of rotatable bonds is 5. The molecular weight excluding hydrogens is 366 g/mol. The molecule has 0 fully saturated rings. The molecule has 2 heterocycles. The minimum Gasteiger partial charge on any atom is -0.383 e. The Morgan fingerprint density at radius 3 is 2.78 bits per heavy atom. The van der Waals surface area contributed by atoms with Crippen molar-refractivity contribution in [2.45, 2.75) is 20.4 Å². The predicted molar refractivity (Wildman–Crippen MR) is 104 cm³/mol. The number of hydrogen-bond donors (Lipinski definition) is 1. The lowest BCUT2D eigenvalue weighted by Crippen LogP contribution is -2.20. The van der Waals surface area contributed by atoms with E-state index < -0.39 is 0 Å². The van der Waals surface area contributed by atoms with Gasteiger partial charge in [0.1, 0.15) is 5.69 Å². The van der Waals surface area contributed by atoms with Crippen LogP contribution in [0.3, 0.4) is 0 Å². The van der Waals surface area contributed by atoms with Crippen LogP contribution in [0.25, 0.3) is 10.2 Å². The zero-order valence-electron chi connectivity index (χ0n) is 15.6. The molecule has 9 heteroatoms. The number of ether oxygens (including phenoxy) is 1. The molecule has 0 aliphatic heterocycles. The van der Waals surface area contributed by atoms with Gasteiger partial charge in [0.2, 0.25) is 5.91 Å². The first-order valence-corrected chi connectivity index (χ1v) is 9.20. The minimum absolute atomic E-state index is 0.134. The van der Waals surface area contributed by atoms with Gasteiger partial charge in [0, 0.05) is 38.9 Å². The minimum atomic E-state index is -0.340.